The number of alkyl halides is 3. The fourth-order valence-electron chi connectivity index (χ4n) is 2.23. The van der Waals surface area contributed by atoms with Crippen molar-refractivity contribution in [3.63, 3.8) is 0 Å². The summed E-state index contributed by atoms with van der Waals surface area (Å²) in [5, 5.41) is 0.418. The molecular formula is C18H11BF5NO. The van der Waals surface area contributed by atoms with E-state index in [4.69, 9.17) is 0 Å². The molecule has 0 spiro atoms. The van der Waals surface area contributed by atoms with Crippen molar-refractivity contribution in [2.24, 2.45) is 0 Å². The van der Waals surface area contributed by atoms with Crippen molar-refractivity contribution in [2.45, 2.75) is 6.08 Å². The molecule has 132 valence electrons. The molecule has 0 saturated heterocycles. The van der Waals surface area contributed by atoms with Crippen LogP contribution >= 0.6 is 0 Å². The molecule has 8 heteroatoms. The Morgan fingerprint density at radius 3 is 2.23 bits per heavy atom. The van der Waals surface area contributed by atoms with Crippen molar-refractivity contribution < 1.29 is 31.3 Å². The van der Waals surface area contributed by atoms with Crippen LogP contribution in [-0.2, 0) is 0 Å². The van der Waals surface area contributed by atoms with Crippen molar-refractivity contribution in [1.82, 2.24) is 0 Å². The van der Waals surface area contributed by atoms with Crippen LogP contribution in [0.4, 0.5) is 21.8 Å². The molecule has 0 aliphatic heterocycles. The molecule has 0 amide bonds. The maximum absolute atomic E-state index is 13.2. The molecule has 3 rings (SSSR count). The van der Waals surface area contributed by atoms with Gasteiger partial charge < -0.3 is 13.4 Å². The number of hydrogen-bond acceptors (Lipinski definition) is 1. The number of halogens is 5. The lowest BCUT2D eigenvalue weighted by Gasteiger charge is -2.23. The smallest absolute Gasteiger partial charge is 0.432 e. The lowest BCUT2D eigenvalue weighted by molar-refractivity contribution is -0.847. The van der Waals surface area contributed by atoms with Crippen LogP contribution < -0.4 is 9.49 Å². The number of pyridine rings is 1. The van der Waals surface area contributed by atoms with Crippen molar-refractivity contribution in [3.8, 4) is 11.8 Å². The molecule has 26 heavy (non-hydrogen) atoms. The lowest BCUT2D eigenvalue weighted by Crippen LogP contribution is -2.62. The number of aromatic nitrogens is 1. The Balaban J connectivity index is 1.94. The highest BCUT2D eigenvalue weighted by Crippen LogP contribution is 2.29. The van der Waals surface area contributed by atoms with E-state index >= 15 is 0 Å². The number of benzene rings is 2. The van der Waals surface area contributed by atoms with E-state index in [1.165, 1.54) is 18.2 Å². The second-order valence-corrected chi connectivity index (χ2v) is 5.47. The minimum Gasteiger partial charge on any atom is -0.432 e. The number of nitrogens with zero attached hydrogens (tertiary/aromatic N) is 1. The van der Waals surface area contributed by atoms with Gasteiger partial charge in [0.15, 0.2) is 0 Å². The predicted octanol–water partition coefficient (Wildman–Crippen LogP) is 3.94. The fourth-order valence-corrected chi connectivity index (χ4v) is 2.23. The molecule has 0 fully saturated rings. The highest BCUT2D eigenvalue weighted by Gasteiger charge is 2.60. The Morgan fingerprint density at radius 1 is 0.846 bits per heavy atom. The topological polar surface area (TPSA) is 13.1 Å². The molecule has 1 heterocycles. The molecule has 0 bridgehead atoms. The summed E-state index contributed by atoms with van der Waals surface area (Å²) in [4.78, 5) is 0. The zero-order chi connectivity index (χ0) is 18.8. The standard InChI is InChI=1S/C18H11BF5NO/c20-18(21,22)19(23,24)26-25-12-4-7-16-13-15(10-11-17(16)25)9-8-14-5-2-1-3-6-14/h1-7,10-13H. The van der Waals surface area contributed by atoms with Gasteiger partial charge in [0.05, 0.1) is 5.39 Å². The molecule has 0 atom stereocenters. The normalized spacial score (nSPS) is 11.7. The Labute approximate surface area is 145 Å². The van der Waals surface area contributed by atoms with Gasteiger partial charge in [-0.2, -0.15) is 0 Å². The summed E-state index contributed by atoms with van der Waals surface area (Å²) in [5.41, 5.74) is 1.46. The van der Waals surface area contributed by atoms with Gasteiger partial charge in [0.1, 0.15) is 0 Å². The molecule has 0 unspecified atom stereocenters. The van der Waals surface area contributed by atoms with Gasteiger partial charge in [-0.3, -0.25) is 0 Å². The summed E-state index contributed by atoms with van der Waals surface area (Å²) in [6.07, 6.45) is -4.75. The van der Waals surface area contributed by atoms with Gasteiger partial charge in [0.2, 0.25) is 6.20 Å². The summed E-state index contributed by atoms with van der Waals surface area (Å²) in [6, 6.07) is 16.6. The molecule has 3 aromatic rings. The number of fused-ring (bicyclic) bond motifs is 1. The van der Waals surface area contributed by atoms with Crippen molar-refractivity contribution in [1.29, 1.82) is 0 Å². The van der Waals surface area contributed by atoms with E-state index in [1.54, 1.807) is 12.1 Å². The van der Waals surface area contributed by atoms with Crippen LogP contribution in [0.2, 0.25) is 0 Å². The third-order valence-corrected chi connectivity index (χ3v) is 3.51. The van der Waals surface area contributed by atoms with Crippen molar-refractivity contribution in [3.05, 3.63) is 78.0 Å². The molecule has 0 aliphatic carbocycles. The second kappa shape index (κ2) is 6.67. The molecule has 0 radical (unpaired) electrons. The Bertz CT molecular complexity index is 993. The first-order chi connectivity index (χ1) is 12.3. The van der Waals surface area contributed by atoms with Crippen LogP contribution in [0, 0.1) is 11.8 Å². The number of rotatable bonds is 2. The third kappa shape index (κ3) is 3.77. The van der Waals surface area contributed by atoms with E-state index in [-0.39, 0.29) is 5.52 Å². The van der Waals surface area contributed by atoms with Crippen LogP contribution in [0.25, 0.3) is 10.9 Å². The summed E-state index contributed by atoms with van der Waals surface area (Å²) in [5.74, 6) is 5.87. The first-order valence-electron chi connectivity index (χ1n) is 7.55. The van der Waals surface area contributed by atoms with Gasteiger partial charge in [-0.25, -0.2) is 13.2 Å². The second-order valence-electron chi connectivity index (χ2n) is 5.47. The van der Waals surface area contributed by atoms with Crippen molar-refractivity contribution in [2.75, 3.05) is 0 Å². The first kappa shape index (κ1) is 17.7. The van der Waals surface area contributed by atoms with E-state index < -0.39 is 13.0 Å². The predicted molar refractivity (Wildman–Crippen MR) is 87.2 cm³/mol. The van der Waals surface area contributed by atoms with E-state index in [1.807, 2.05) is 30.3 Å². The van der Waals surface area contributed by atoms with Crippen molar-refractivity contribution >= 4 is 17.8 Å². The van der Waals surface area contributed by atoms with E-state index in [9.17, 15) is 21.8 Å². The maximum Gasteiger partial charge on any atom is 0.658 e. The van der Waals surface area contributed by atoms with Crippen LogP contribution in [-0.4, -0.2) is 13.0 Å². The van der Waals surface area contributed by atoms with E-state index in [0.717, 1.165) is 11.8 Å². The zero-order valence-corrected chi connectivity index (χ0v) is 13.2. The summed E-state index contributed by atoms with van der Waals surface area (Å²) >= 11 is 0. The van der Waals surface area contributed by atoms with Gasteiger partial charge in [0.25, 0.3) is 5.52 Å². The Hall–Kier alpha value is -3.08. The quantitative estimate of drug-likeness (QED) is 0.291. The van der Waals surface area contributed by atoms with Gasteiger partial charge in [-0.15, -0.1) is 0 Å². The SMILES string of the molecule is F[B-](F)(O[n+]1cccc2cc(C#Cc3ccccc3)ccc21)C(F)(F)F. The minimum atomic E-state index is -6.02. The average Bonchev–Trinajstić information content (AvgIpc) is 2.59. The largest absolute Gasteiger partial charge is 0.658 e. The number of hydrogen-bond donors (Lipinski definition) is 0. The Kier molecular flexibility index (Phi) is 4.55. The third-order valence-electron chi connectivity index (χ3n) is 3.51. The summed E-state index contributed by atoms with van der Waals surface area (Å²) in [7, 11) is 0. The molecule has 2 aromatic carbocycles. The van der Waals surface area contributed by atoms with Crippen LogP contribution in [0.5, 0.6) is 0 Å². The van der Waals surface area contributed by atoms with E-state index in [0.29, 0.717) is 15.7 Å². The van der Waals surface area contributed by atoms with Gasteiger partial charge in [0, 0.05) is 23.3 Å². The zero-order valence-electron chi connectivity index (χ0n) is 13.2. The summed E-state index contributed by atoms with van der Waals surface area (Å²) in [6.45, 7) is -6.02. The molecule has 0 saturated carbocycles. The van der Waals surface area contributed by atoms with Gasteiger partial charge >= 0.3 is 13.0 Å². The highest BCUT2D eigenvalue weighted by atomic mass is 19.4. The first-order valence-corrected chi connectivity index (χ1v) is 7.55. The molecule has 0 N–H and O–H groups in total. The monoisotopic (exact) mass is 363 g/mol. The lowest BCUT2D eigenvalue weighted by atomic mass is 9.87. The van der Waals surface area contributed by atoms with Gasteiger partial charge in [-0.05, 0) is 35.1 Å². The van der Waals surface area contributed by atoms with Crippen LogP contribution in [0.15, 0.2) is 66.9 Å². The molecule has 2 nitrogen and oxygen atoms in total. The highest BCUT2D eigenvalue weighted by molar-refractivity contribution is 6.61. The molecule has 0 aliphatic rings. The molecular weight excluding hydrogens is 352 g/mol. The molecule has 1 aromatic heterocycles. The van der Waals surface area contributed by atoms with Gasteiger partial charge in [-0.1, -0.05) is 30.0 Å². The van der Waals surface area contributed by atoms with Crippen LogP contribution in [0.3, 0.4) is 0 Å². The average molecular weight is 363 g/mol. The minimum absolute atomic E-state index is 0.0727. The Morgan fingerprint density at radius 2 is 1.54 bits per heavy atom. The maximum atomic E-state index is 13.2. The summed E-state index contributed by atoms with van der Waals surface area (Å²) < 4.78 is 67.9. The van der Waals surface area contributed by atoms with E-state index in [2.05, 4.69) is 16.6 Å². The fraction of sp³-hybridized carbons (Fsp3) is 0.0556. The van der Waals surface area contributed by atoms with Crippen LogP contribution in [0.1, 0.15) is 11.1 Å².